The zero-order valence-corrected chi connectivity index (χ0v) is 15.0. The van der Waals surface area contributed by atoms with Crippen molar-refractivity contribution in [2.45, 2.75) is 32.7 Å². The van der Waals surface area contributed by atoms with Gasteiger partial charge in [0.1, 0.15) is 0 Å². The number of aromatic nitrogens is 4. The fraction of sp³-hybridized carbons (Fsp3) is 0.500. The summed E-state index contributed by atoms with van der Waals surface area (Å²) in [4.78, 5) is 29.6. The van der Waals surface area contributed by atoms with E-state index in [2.05, 4.69) is 21.6 Å². The maximum atomic E-state index is 13.0. The SMILES string of the molecule is CC(C)=CCN1C(=O)[C@H]2CC[C@@H]1CN(C(=O)c1ccn3nnnc3c1)C2. The largest absolute Gasteiger partial charge is 0.336 e. The van der Waals surface area contributed by atoms with Crippen LogP contribution in [0.25, 0.3) is 5.65 Å². The molecule has 0 saturated carbocycles. The Balaban J connectivity index is 1.57. The molecule has 2 aromatic rings. The number of tetrazole rings is 1. The van der Waals surface area contributed by atoms with Crippen LogP contribution in [0, 0.1) is 5.92 Å². The van der Waals surface area contributed by atoms with Gasteiger partial charge in [-0.05, 0) is 49.2 Å². The average molecular weight is 354 g/mol. The van der Waals surface area contributed by atoms with Crippen molar-refractivity contribution in [2.24, 2.45) is 5.92 Å². The minimum atomic E-state index is -0.109. The summed E-state index contributed by atoms with van der Waals surface area (Å²) in [5, 5.41) is 11.3. The second kappa shape index (κ2) is 6.51. The van der Waals surface area contributed by atoms with Crippen molar-refractivity contribution in [3.05, 3.63) is 35.5 Å². The molecule has 8 heteroatoms. The van der Waals surface area contributed by atoms with E-state index in [0.29, 0.717) is 30.8 Å². The molecule has 0 aromatic carbocycles. The first-order valence-corrected chi connectivity index (χ1v) is 8.94. The molecule has 0 aliphatic carbocycles. The highest BCUT2D eigenvalue weighted by molar-refractivity contribution is 5.95. The summed E-state index contributed by atoms with van der Waals surface area (Å²) in [6.45, 7) is 5.75. The lowest BCUT2D eigenvalue weighted by molar-refractivity contribution is -0.139. The predicted molar refractivity (Wildman–Crippen MR) is 94.3 cm³/mol. The topological polar surface area (TPSA) is 83.7 Å². The highest BCUT2D eigenvalue weighted by Crippen LogP contribution is 2.30. The lowest BCUT2D eigenvalue weighted by atomic mass is 9.94. The first-order valence-electron chi connectivity index (χ1n) is 8.94. The second-order valence-corrected chi connectivity index (χ2v) is 7.31. The highest BCUT2D eigenvalue weighted by atomic mass is 16.2. The van der Waals surface area contributed by atoms with Crippen LogP contribution in [0.5, 0.6) is 0 Å². The van der Waals surface area contributed by atoms with Gasteiger partial charge < -0.3 is 9.80 Å². The Labute approximate surface area is 151 Å². The van der Waals surface area contributed by atoms with Crippen molar-refractivity contribution in [1.82, 2.24) is 29.8 Å². The number of amides is 2. The van der Waals surface area contributed by atoms with E-state index in [-0.39, 0.29) is 23.8 Å². The van der Waals surface area contributed by atoms with Crippen LogP contribution >= 0.6 is 0 Å². The fourth-order valence-electron chi connectivity index (χ4n) is 3.78. The number of carbonyl (C=O) groups is 2. The number of hydrogen-bond donors (Lipinski definition) is 0. The Morgan fingerprint density at radius 2 is 2.15 bits per heavy atom. The van der Waals surface area contributed by atoms with Gasteiger partial charge in [0.15, 0.2) is 5.65 Å². The molecule has 8 nitrogen and oxygen atoms in total. The molecule has 5 heterocycles. The van der Waals surface area contributed by atoms with Gasteiger partial charge in [0, 0.05) is 37.4 Å². The molecule has 0 N–H and O–H groups in total. The number of hydrogen-bond acceptors (Lipinski definition) is 5. The van der Waals surface area contributed by atoms with Gasteiger partial charge in [0.25, 0.3) is 5.91 Å². The zero-order chi connectivity index (χ0) is 18.3. The van der Waals surface area contributed by atoms with E-state index in [0.717, 1.165) is 12.8 Å². The molecule has 3 aliphatic heterocycles. The molecular formula is C18H22N6O2. The molecule has 3 fully saturated rings. The second-order valence-electron chi connectivity index (χ2n) is 7.31. The van der Waals surface area contributed by atoms with Gasteiger partial charge in [0.05, 0.1) is 5.92 Å². The van der Waals surface area contributed by atoms with Crippen LogP contribution in [-0.2, 0) is 4.79 Å². The third-order valence-corrected chi connectivity index (χ3v) is 5.22. The van der Waals surface area contributed by atoms with Gasteiger partial charge in [0.2, 0.25) is 5.91 Å². The number of fused-ring (bicyclic) bond motifs is 5. The summed E-state index contributed by atoms with van der Waals surface area (Å²) in [5.74, 6) is -0.00262. The molecule has 0 radical (unpaired) electrons. The van der Waals surface area contributed by atoms with Crippen molar-refractivity contribution in [1.29, 1.82) is 0 Å². The summed E-state index contributed by atoms with van der Waals surface area (Å²) in [6.07, 6.45) is 5.56. The number of piperidine rings is 1. The Bertz CT molecular complexity index is 885. The molecule has 5 rings (SSSR count). The molecule has 3 saturated heterocycles. The maximum absolute atomic E-state index is 13.0. The minimum Gasteiger partial charge on any atom is -0.336 e. The summed E-state index contributed by atoms with van der Waals surface area (Å²) < 4.78 is 1.52. The average Bonchev–Trinajstić information content (AvgIpc) is 2.93. The molecular weight excluding hydrogens is 332 g/mol. The molecule has 0 unspecified atom stereocenters. The van der Waals surface area contributed by atoms with Crippen molar-refractivity contribution in [3.8, 4) is 0 Å². The number of allylic oxidation sites excluding steroid dienone is 1. The van der Waals surface area contributed by atoms with E-state index in [1.807, 2.05) is 23.6 Å². The standard InChI is InChI=1S/C18H22N6O2/c1-12(2)5-7-23-15-4-3-14(18(23)26)10-22(11-15)17(25)13-6-8-24-16(9-13)19-20-21-24/h5-6,8-9,14-15H,3-4,7,10-11H2,1-2H3/t14-,15+/m0/s1. The van der Waals surface area contributed by atoms with E-state index in [1.165, 1.54) is 10.1 Å². The Hall–Kier alpha value is -2.77. The van der Waals surface area contributed by atoms with E-state index >= 15 is 0 Å². The summed E-state index contributed by atoms with van der Waals surface area (Å²) in [7, 11) is 0. The molecule has 2 bridgehead atoms. The molecule has 2 atom stereocenters. The van der Waals surface area contributed by atoms with Crippen LogP contribution in [0.15, 0.2) is 30.0 Å². The zero-order valence-electron chi connectivity index (χ0n) is 15.0. The number of carbonyl (C=O) groups excluding carboxylic acids is 2. The first kappa shape index (κ1) is 16.7. The Kier molecular flexibility index (Phi) is 4.18. The van der Waals surface area contributed by atoms with Crippen LogP contribution in [0.2, 0.25) is 0 Å². The smallest absolute Gasteiger partial charge is 0.254 e. The molecule has 26 heavy (non-hydrogen) atoms. The summed E-state index contributed by atoms with van der Waals surface area (Å²) in [6, 6.07) is 3.50. The van der Waals surface area contributed by atoms with Crippen LogP contribution in [-0.4, -0.2) is 67.3 Å². The summed E-state index contributed by atoms with van der Waals surface area (Å²) >= 11 is 0. The van der Waals surface area contributed by atoms with Gasteiger partial charge in [-0.2, -0.15) is 0 Å². The monoisotopic (exact) mass is 354 g/mol. The van der Waals surface area contributed by atoms with E-state index in [4.69, 9.17) is 0 Å². The normalized spacial score (nSPS) is 22.6. The van der Waals surface area contributed by atoms with Crippen molar-refractivity contribution >= 4 is 17.5 Å². The molecule has 0 spiro atoms. The fourth-order valence-corrected chi connectivity index (χ4v) is 3.78. The van der Waals surface area contributed by atoms with Gasteiger partial charge in [-0.25, -0.2) is 4.52 Å². The van der Waals surface area contributed by atoms with Crippen LogP contribution in [0.3, 0.4) is 0 Å². The van der Waals surface area contributed by atoms with Crippen LogP contribution in [0.1, 0.15) is 37.0 Å². The summed E-state index contributed by atoms with van der Waals surface area (Å²) in [5.41, 5.74) is 2.29. The third-order valence-electron chi connectivity index (χ3n) is 5.22. The number of pyridine rings is 1. The van der Waals surface area contributed by atoms with E-state index in [1.54, 1.807) is 18.3 Å². The van der Waals surface area contributed by atoms with E-state index < -0.39 is 0 Å². The van der Waals surface area contributed by atoms with Gasteiger partial charge in [-0.1, -0.05) is 11.6 Å². The predicted octanol–water partition coefficient (Wildman–Crippen LogP) is 1.15. The molecule has 2 aromatic heterocycles. The Morgan fingerprint density at radius 1 is 1.31 bits per heavy atom. The quantitative estimate of drug-likeness (QED) is 0.772. The van der Waals surface area contributed by atoms with Crippen molar-refractivity contribution in [2.75, 3.05) is 19.6 Å². The Morgan fingerprint density at radius 3 is 2.96 bits per heavy atom. The minimum absolute atomic E-state index is 0.0655. The lowest BCUT2D eigenvalue weighted by Crippen LogP contribution is -2.48. The van der Waals surface area contributed by atoms with Crippen molar-refractivity contribution < 1.29 is 9.59 Å². The third kappa shape index (κ3) is 2.95. The lowest BCUT2D eigenvalue weighted by Gasteiger charge is -2.35. The van der Waals surface area contributed by atoms with Crippen LogP contribution < -0.4 is 0 Å². The van der Waals surface area contributed by atoms with Gasteiger partial charge in [-0.15, -0.1) is 5.10 Å². The molecule has 136 valence electrons. The van der Waals surface area contributed by atoms with Gasteiger partial charge >= 0.3 is 0 Å². The van der Waals surface area contributed by atoms with Gasteiger partial charge in [-0.3, -0.25) is 9.59 Å². The molecule has 2 amide bonds. The number of rotatable bonds is 3. The first-order chi connectivity index (χ1) is 12.5. The molecule has 3 aliphatic rings. The van der Waals surface area contributed by atoms with E-state index in [9.17, 15) is 9.59 Å². The van der Waals surface area contributed by atoms with Crippen molar-refractivity contribution in [3.63, 3.8) is 0 Å². The number of nitrogens with zero attached hydrogens (tertiary/aromatic N) is 6. The van der Waals surface area contributed by atoms with Crippen LogP contribution in [0.4, 0.5) is 0 Å². The maximum Gasteiger partial charge on any atom is 0.254 e. The highest BCUT2D eigenvalue weighted by Gasteiger charge is 2.41.